The van der Waals surface area contributed by atoms with Crippen LogP contribution in [0.15, 0.2) is 64.8 Å². The first-order chi connectivity index (χ1) is 9.27. The lowest BCUT2D eigenvalue weighted by atomic mass is 10.0. The summed E-state index contributed by atoms with van der Waals surface area (Å²) in [6, 6.07) is 7.97. The lowest BCUT2D eigenvalue weighted by Crippen LogP contribution is -2.31. The predicted molar refractivity (Wildman–Crippen MR) is 84.0 cm³/mol. The van der Waals surface area contributed by atoms with Crippen molar-refractivity contribution in [3.63, 3.8) is 0 Å². The predicted octanol–water partition coefficient (Wildman–Crippen LogP) is 4.60. The van der Waals surface area contributed by atoms with Gasteiger partial charge < -0.3 is 0 Å². The fourth-order valence-corrected chi connectivity index (χ4v) is 2.32. The molecular formula is C15H14Cl2N2. The summed E-state index contributed by atoms with van der Waals surface area (Å²) < 4.78 is 0. The number of para-hydroxylation sites is 1. The molecule has 1 aromatic rings. The van der Waals surface area contributed by atoms with Gasteiger partial charge in [-0.25, -0.2) is 0 Å². The SMILES string of the molecule is Cc1ccccc1N(N=CCl)C1C=CC=CC1=CCl. The van der Waals surface area contributed by atoms with Crippen LogP contribution in [0.2, 0.25) is 0 Å². The topological polar surface area (TPSA) is 15.6 Å². The highest BCUT2D eigenvalue weighted by molar-refractivity contribution is 6.56. The third-order valence-corrected chi connectivity index (χ3v) is 3.29. The van der Waals surface area contributed by atoms with Gasteiger partial charge in [0, 0.05) is 5.54 Å². The molecule has 0 N–H and O–H groups in total. The highest BCUT2D eigenvalue weighted by Gasteiger charge is 2.21. The van der Waals surface area contributed by atoms with Crippen molar-refractivity contribution in [1.82, 2.24) is 0 Å². The van der Waals surface area contributed by atoms with Crippen molar-refractivity contribution in [2.45, 2.75) is 13.0 Å². The molecule has 1 aliphatic rings. The molecule has 0 amide bonds. The van der Waals surface area contributed by atoms with Gasteiger partial charge in [-0.15, -0.1) is 0 Å². The van der Waals surface area contributed by atoms with Crippen molar-refractivity contribution >= 4 is 34.6 Å². The number of benzene rings is 1. The molecule has 19 heavy (non-hydrogen) atoms. The molecule has 0 fully saturated rings. The number of halogens is 2. The van der Waals surface area contributed by atoms with Crippen LogP contribution in [0, 0.1) is 6.92 Å². The molecule has 1 aromatic carbocycles. The van der Waals surface area contributed by atoms with Gasteiger partial charge in [-0.1, -0.05) is 65.7 Å². The summed E-state index contributed by atoms with van der Waals surface area (Å²) in [6.45, 7) is 2.04. The summed E-state index contributed by atoms with van der Waals surface area (Å²) in [5.41, 5.74) is 5.93. The Morgan fingerprint density at radius 1 is 1.21 bits per heavy atom. The molecule has 0 heterocycles. The van der Waals surface area contributed by atoms with Crippen LogP contribution >= 0.6 is 23.2 Å². The van der Waals surface area contributed by atoms with E-state index in [0.717, 1.165) is 16.8 Å². The average molecular weight is 293 g/mol. The highest BCUT2D eigenvalue weighted by Crippen LogP contribution is 2.28. The normalized spacial score (nSPS) is 20.4. The summed E-state index contributed by atoms with van der Waals surface area (Å²) in [7, 11) is 0. The standard InChI is InChI=1S/C15H14Cl2N2/c1-12-6-2-4-8-14(12)19(18-11-17)15-9-5-3-7-13(15)10-16/h2-11,15H,1H3. The number of rotatable bonds is 3. The quantitative estimate of drug-likeness (QED) is 0.587. The molecule has 1 atom stereocenters. The third-order valence-electron chi connectivity index (χ3n) is 2.95. The van der Waals surface area contributed by atoms with Crippen LogP contribution in [0.3, 0.4) is 0 Å². The minimum absolute atomic E-state index is 0.0569. The van der Waals surface area contributed by atoms with E-state index in [9.17, 15) is 0 Å². The molecule has 0 saturated heterocycles. The highest BCUT2D eigenvalue weighted by atomic mass is 35.5. The van der Waals surface area contributed by atoms with Crippen LogP contribution in [0.4, 0.5) is 5.69 Å². The number of hydrogen-bond donors (Lipinski definition) is 0. The molecule has 0 radical (unpaired) electrons. The van der Waals surface area contributed by atoms with Gasteiger partial charge in [0.05, 0.1) is 11.7 Å². The Hall–Kier alpha value is -1.51. The fraction of sp³-hybridized carbons (Fsp3) is 0.133. The maximum absolute atomic E-state index is 5.89. The van der Waals surface area contributed by atoms with Crippen LogP contribution in [0.1, 0.15) is 5.56 Å². The van der Waals surface area contributed by atoms with E-state index in [1.165, 1.54) is 5.67 Å². The second-order valence-electron chi connectivity index (χ2n) is 4.14. The minimum Gasteiger partial charge on any atom is -0.253 e. The number of aryl methyl sites for hydroxylation is 1. The fourth-order valence-electron chi connectivity index (χ4n) is 2.02. The second kappa shape index (κ2) is 6.60. The van der Waals surface area contributed by atoms with Gasteiger partial charge in [-0.05, 0) is 24.1 Å². The zero-order valence-corrected chi connectivity index (χ0v) is 12.0. The lowest BCUT2D eigenvalue weighted by molar-refractivity contribution is 0.805. The second-order valence-corrected chi connectivity index (χ2v) is 4.56. The van der Waals surface area contributed by atoms with E-state index < -0.39 is 0 Å². The van der Waals surface area contributed by atoms with Gasteiger partial charge in [0.2, 0.25) is 0 Å². The first kappa shape index (κ1) is 13.9. The Labute approximate surface area is 123 Å². The molecule has 0 bridgehead atoms. The third kappa shape index (κ3) is 3.09. The van der Waals surface area contributed by atoms with Crippen molar-refractivity contribution in [3.05, 3.63) is 65.2 Å². The van der Waals surface area contributed by atoms with Crippen molar-refractivity contribution < 1.29 is 0 Å². The minimum atomic E-state index is -0.0569. The zero-order valence-electron chi connectivity index (χ0n) is 10.5. The summed E-state index contributed by atoms with van der Waals surface area (Å²) in [6.07, 6.45) is 7.92. The lowest BCUT2D eigenvalue weighted by Gasteiger charge is -2.29. The monoisotopic (exact) mass is 292 g/mol. The van der Waals surface area contributed by atoms with Crippen LogP contribution in [-0.4, -0.2) is 11.7 Å². The van der Waals surface area contributed by atoms with E-state index in [-0.39, 0.29) is 6.04 Å². The van der Waals surface area contributed by atoms with E-state index in [1.807, 2.05) is 60.5 Å². The zero-order chi connectivity index (χ0) is 13.7. The Bertz CT molecular complexity index is 559. The first-order valence-electron chi connectivity index (χ1n) is 5.90. The number of allylic oxidation sites excluding steroid dienone is 2. The van der Waals surface area contributed by atoms with Gasteiger partial charge in [0.15, 0.2) is 0 Å². The van der Waals surface area contributed by atoms with Gasteiger partial charge in [0.25, 0.3) is 0 Å². The van der Waals surface area contributed by atoms with E-state index >= 15 is 0 Å². The Morgan fingerprint density at radius 3 is 2.68 bits per heavy atom. The Kier molecular flexibility index (Phi) is 4.83. The summed E-state index contributed by atoms with van der Waals surface area (Å²) >= 11 is 11.6. The Balaban J connectivity index is 2.44. The van der Waals surface area contributed by atoms with E-state index in [0.29, 0.717) is 0 Å². The molecule has 2 nitrogen and oxygen atoms in total. The van der Waals surface area contributed by atoms with Gasteiger partial charge in [-0.2, -0.15) is 5.10 Å². The molecule has 2 rings (SSSR count). The molecule has 0 aromatic heterocycles. The molecule has 1 unspecified atom stereocenters. The van der Waals surface area contributed by atoms with Gasteiger partial charge in [0.1, 0.15) is 5.67 Å². The van der Waals surface area contributed by atoms with Crippen LogP contribution < -0.4 is 5.01 Å². The maximum Gasteiger partial charge on any atom is 0.113 e. The molecule has 0 aliphatic heterocycles. The summed E-state index contributed by atoms with van der Waals surface area (Å²) in [4.78, 5) is 0. The Morgan fingerprint density at radius 2 is 2.00 bits per heavy atom. The summed E-state index contributed by atoms with van der Waals surface area (Å²) in [5, 5.41) is 6.12. The van der Waals surface area contributed by atoms with Crippen LogP contribution in [0.5, 0.6) is 0 Å². The number of anilines is 1. The van der Waals surface area contributed by atoms with Crippen molar-refractivity contribution in [3.8, 4) is 0 Å². The van der Waals surface area contributed by atoms with Crippen molar-refractivity contribution in [2.24, 2.45) is 5.10 Å². The molecule has 98 valence electrons. The molecular weight excluding hydrogens is 279 g/mol. The summed E-state index contributed by atoms with van der Waals surface area (Å²) in [5.74, 6) is 0. The van der Waals surface area contributed by atoms with E-state index in [4.69, 9.17) is 23.2 Å². The van der Waals surface area contributed by atoms with Gasteiger partial charge >= 0.3 is 0 Å². The van der Waals surface area contributed by atoms with Crippen molar-refractivity contribution in [2.75, 3.05) is 5.01 Å². The van der Waals surface area contributed by atoms with Crippen LogP contribution in [0.25, 0.3) is 0 Å². The molecule has 0 saturated carbocycles. The van der Waals surface area contributed by atoms with E-state index in [1.54, 1.807) is 5.54 Å². The van der Waals surface area contributed by atoms with E-state index in [2.05, 4.69) is 5.10 Å². The van der Waals surface area contributed by atoms with Crippen LogP contribution in [-0.2, 0) is 0 Å². The molecule has 4 heteroatoms. The van der Waals surface area contributed by atoms with Gasteiger partial charge in [-0.3, -0.25) is 5.01 Å². The largest absolute Gasteiger partial charge is 0.253 e. The smallest absolute Gasteiger partial charge is 0.113 e. The number of nitrogens with zero attached hydrogens (tertiary/aromatic N) is 2. The maximum atomic E-state index is 5.89. The first-order valence-corrected chi connectivity index (χ1v) is 6.78. The average Bonchev–Trinajstić information content (AvgIpc) is 2.46. The number of hydrazone groups is 1. The van der Waals surface area contributed by atoms with Crippen molar-refractivity contribution in [1.29, 1.82) is 0 Å². The molecule has 0 spiro atoms. The molecule has 1 aliphatic carbocycles. The number of hydrogen-bond acceptors (Lipinski definition) is 2.